The summed E-state index contributed by atoms with van der Waals surface area (Å²) >= 11 is 12.7. The number of aliphatic hydroxyl groups is 1. The number of hydrogen-bond donors (Lipinski definition) is 1. The maximum absolute atomic E-state index is 12.7. The van der Waals surface area contributed by atoms with Crippen LogP contribution >= 0.6 is 23.2 Å². The minimum atomic E-state index is -0.573. The smallest absolute Gasteiger partial charge is 0.288 e. The molecule has 1 amide bonds. The highest BCUT2D eigenvalue weighted by molar-refractivity contribution is 6.34. The van der Waals surface area contributed by atoms with Crippen molar-refractivity contribution in [3.8, 4) is 0 Å². The maximum atomic E-state index is 12.7. The number of ether oxygens (including phenoxy) is 1. The molecule has 2 saturated heterocycles. The van der Waals surface area contributed by atoms with Gasteiger partial charge in [0.25, 0.3) is 11.5 Å². The fraction of sp³-hybridized carbons (Fsp3) is 0.607. The normalized spacial score (nSPS) is 23.8. The molecule has 1 N–H and O–H groups in total. The van der Waals surface area contributed by atoms with Gasteiger partial charge in [0.15, 0.2) is 6.23 Å². The lowest BCUT2D eigenvalue weighted by molar-refractivity contribution is -0.126. The van der Waals surface area contributed by atoms with Crippen molar-refractivity contribution < 1.29 is 14.6 Å². The second-order valence-corrected chi connectivity index (χ2v) is 12.4. The second-order valence-electron chi connectivity index (χ2n) is 11.6. The molecule has 0 radical (unpaired) electrons. The van der Waals surface area contributed by atoms with Crippen LogP contribution in [0.2, 0.25) is 10.0 Å². The van der Waals surface area contributed by atoms with E-state index in [1.54, 1.807) is 24.2 Å². The number of aryl methyl sites for hydroxylation is 1. The first-order chi connectivity index (χ1) is 18.3. The number of benzene rings is 1. The van der Waals surface area contributed by atoms with E-state index >= 15 is 0 Å². The van der Waals surface area contributed by atoms with Gasteiger partial charge in [0.1, 0.15) is 5.02 Å². The second kappa shape index (κ2) is 10.2. The fourth-order valence-electron chi connectivity index (χ4n) is 6.93. The molecular weight excluding hydrogens is 527 g/mol. The summed E-state index contributed by atoms with van der Waals surface area (Å²) in [6, 6.07) is 3.62. The van der Waals surface area contributed by atoms with E-state index in [1.807, 2.05) is 6.07 Å². The molecule has 38 heavy (non-hydrogen) atoms. The molecule has 1 spiro atoms. The Labute approximate surface area is 232 Å². The standard InChI is InChI=1S/C28H34Cl2N4O4/c1-32-14-20-19(7-8-21(29)23(20)26(32)36)25(35)18-11-28(12-18)15-33(16-28)9-4-5-17-13-31-34(27(37)24(17)30)22-6-2-3-10-38-22/h7-8,13,18,22,25,35H,2-6,9-12,14-16H2,1H3. The number of likely N-dealkylation sites (tertiary alicyclic amines) is 1. The average molecular weight is 562 g/mol. The van der Waals surface area contributed by atoms with Crippen LogP contribution in [0.3, 0.4) is 0 Å². The molecule has 2 aromatic rings. The zero-order valence-corrected chi connectivity index (χ0v) is 23.2. The predicted molar refractivity (Wildman–Crippen MR) is 144 cm³/mol. The predicted octanol–water partition coefficient (Wildman–Crippen LogP) is 4.21. The van der Waals surface area contributed by atoms with E-state index in [2.05, 4.69) is 10.00 Å². The number of fused-ring (bicyclic) bond motifs is 1. The largest absolute Gasteiger partial charge is 0.388 e. The maximum Gasteiger partial charge on any atom is 0.288 e. The Morgan fingerprint density at radius 2 is 2.00 bits per heavy atom. The van der Waals surface area contributed by atoms with Crippen molar-refractivity contribution in [3.63, 3.8) is 0 Å². The minimum absolute atomic E-state index is 0.0738. The molecule has 4 heterocycles. The van der Waals surface area contributed by atoms with Crippen LogP contribution in [0.15, 0.2) is 23.1 Å². The van der Waals surface area contributed by atoms with Crippen molar-refractivity contribution >= 4 is 29.1 Å². The van der Waals surface area contributed by atoms with Gasteiger partial charge < -0.3 is 19.6 Å². The van der Waals surface area contributed by atoms with Gasteiger partial charge in [-0.1, -0.05) is 29.3 Å². The Morgan fingerprint density at radius 1 is 1.21 bits per heavy atom. The van der Waals surface area contributed by atoms with Gasteiger partial charge in [-0.3, -0.25) is 9.59 Å². The first-order valence-electron chi connectivity index (χ1n) is 13.6. The summed E-state index contributed by atoms with van der Waals surface area (Å²) in [5.74, 6) is 0.128. The number of amides is 1. The van der Waals surface area contributed by atoms with Gasteiger partial charge in [0.2, 0.25) is 0 Å². The third-order valence-corrected chi connectivity index (χ3v) is 9.61. The summed E-state index contributed by atoms with van der Waals surface area (Å²) in [7, 11) is 1.76. The molecular formula is C28H34Cl2N4O4. The Kier molecular flexibility index (Phi) is 7.06. The summed E-state index contributed by atoms with van der Waals surface area (Å²) in [6.07, 6.45) is 7.26. The van der Waals surface area contributed by atoms with Crippen LogP contribution < -0.4 is 5.56 Å². The lowest BCUT2D eigenvalue weighted by Gasteiger charge is -2.60. The van der Waals surface area contributed by atoms with Crippen LogP contribution in [0.25, 0.3) is 0 Å². The minimum Gasteiger partial charge on any atom is -0.388 e. The van der Waals surface area contributed by atoms with Gasteiger partial charge in [-0.25, -0.2) is 0 Å². The fourth-order valence-corrected chi connectivity index (χ4v) is 7.42. The van der Waals surface area contributed by atoms with E-state index in [-0.39, 0.29) is 34.0 Å². The first-order valence-corrected chi connectivity index (χ1v) is 14.4. The van der Waals surface area contributed by atoms with Gasteiger partial charge >= 0.3 is 0 Å². The Bertz CT molecular complexity index is 1290. The van der Waals surface area contributed by atoms with E-state index in [0.717, 1.165) is 74.8 Å². The summed E-state index contributed by atoms with van der Waals surface area (Å²) in [4.78, 5) is 29.3. The van der Waals surface area contributed by atoms with Crippen LogP contribution in [0.1, 0.15) is 77.9 Å². The third kappa shape index (κ3) is 4.58. The van der Waals surface area contributed by atoms with Crippen molar-refractivity contribution in [1.29, 1.82) is 0 Å². The molecule has 0 bridgehead atoms. The first kappa shape index (κ1) is 26.3. The number of halogens is 2. The van der Waals surface area contributed by atoms with Crippen molar-refractivity contribution in [1.82, 2.24) is 19.6 Å². The highest BCUT2D eigenvalue weighted by Crippen LogP contribution is 2.56. The summed E-state index contributed by atoms with van der Waals surface area (Å²) in [6.45, 7) is 4.15. The molecule has 1 aromatic carbocycles. The van der Waals surface area contributed by atoms with Crippen LogP contribution in [-0.2, 0) is 17.7 Å². The van der Waals surface area contributed by atoms with Gasteiger partial charge in [0, 0.05) is 33.3 Å². The van der Waals surface area contributed by atoms with Gasteiger partial charge in [-0.05, 0) is 85.6 Å². The van der Waals surface area contributed by atoms with Crippen molar-refractivity contribution in [2.24, 2.45) is 11.3 Å². The molecule has 2 atom stereocenters. The molecule has 4 aliphatic rings. The third-order valence-electron chi connectivity index (χ3n) is 8.89. The molecule has 1 aromatic heterocycles. The van der Waals surface area contributed by atoms with Gasteiger partial charge in [-0.15, -0.1) is 0 Å². The zero-order chi connectivity index (χ0) is 26.6. The monoisotopic (exact) mass is 560 g/mol. The Morgan fingerprint density at radius 3 is 2.74 bits per heavy atom. The van der Waals surface area contributed by atoms with Gasteiger partial charge in [-0.2, -0.15) is 9.78 Å². The lowest BCUT2D eigenvalue weighted by Crippen LogP contribution is -2.62. The highest BCUT2D eigenvalue weighted by atomic mass is 35.5. The van der Waals surface area contributed by atoms with Crippen LogP contribution in [0.5, 0.6) is 0 Å². The molecule has 6 rings (SSSR count). The molecule has 1 aliphatic carbocycles. The number of carbonyl (C=O) groups excluding carboxylic acids is 1. The van der Waals surface area contributed by atoms with E-state index in [9.17, 15) is 14.7 Å². The number of hydrogen-bond acceptors (Lipinski definition) is 6. The van der Waals surface area contributed by atoms with E-state index < -0.39 is 6.10 Å². The molecule has 204 valence electrons. The summed E-state index contributed by atoms with van der Waals surface area (Å²) in [5, 5.41) is 16.2. The van der Waals surface area contributed by atoms with E-state index in [0.29, 0.717) is 30.2 Å². The molecule has 10 heteroatoms. The van der Waals surface area contributed by atoms with Crippen molar-refractivity contribution in [2.45, 2.75) is 63.8 Å². The molecule has 2 unspecified atom stereocenters. The van der Waals surface area contributed by atoms with Crippen LogP contribution in [-0.4, -0.2) is 63.9 Å². The Hall–Kier alpha value is -1.97. The number of aliphatic hydroxyl groups excluding tert-OH is 1. The molecule has 3 aliphatic heterocycles. The summed E-state index contributed by atoms with van der Waals surface area (Å²) in [5.41, 5.74) is 3.09. The van der Waals surface area contributed by atoms with E-state index in [1.165, 1.54) is 4.68 Å². The number of aromatic nitrogens is 2. The molecule has 3 fully saturated rings. The molecule has 8 nitrogen and oxygen atoms in total. The van der Waals surface area contributed by atoms with Gasteiger partial charge in [0.05, 0.1) is 22.9 Å². The highest BCUT2D eigenvalue weighted by Gasteiger charge is 2.54. The summed E-state index contributed by atoms with van der Waals surface area (Å²) < 4.78 is 7.08. The lowest BCUT2D eigenvalue weighted by atomic mass is 9.55. The molecule has 1 saturated carbocycles. The Balaban J connectivity index is 0.985. The zero-order valence-electron chi connectivity index (χ0n) is 21.7. The quantitative estimate of drug-likeness (QED) is 0.545. The van der Waals surface area contributed by atoms with E-state index in [4.69, 9.17) is 27.9 Å². The van der Waals surface area contributed by atoms with Crippen molar-refractivity contribution in [3.05, 3.63) is 61.0 Å². The average Bonchev–Trinajstić information content (AvgIpc) is 3.17. The number of nitrogens with zero attached hydrogens (tertiary/aromatic N) is 4. The van der Waals surface area contributed by atoms with Crippen LogP contribution in [0.4, 0.5) is 0 Å². The van der Waals surface area contributed by atoms with Crippen molar-refractivity contribution in [2.75, 3.05) is 33.3 Å². The topological polar surface area (TPSA) is 87.9 Å². The number of rotatable bonds is 7. The van der Waals surface area contributed by atoms with Crippen LogP contribution in [0, 0.1) is 11.3 Å². The number of carbonyl (C=O) groups is 1. The SMILES string of the molecule is CN1Cc2c(C(O)C3CC4(C3)CN(CCCc3cnn(C5CCCCO5)c(=O)c3Cl)C4)ccc(Cl)c2C1=O.